The van der Waals surface area contributed by atoms with Crippen LogP contribution in [0.15, 0.2) is 42.5 Å². The van der Waals surface area contributed by atoms with Gasteiger partial charge in [-0.25, -0.2) is 9.18 Å². The molecule has 0 aliphatic heterocycles. The van der Waals surface area contributed by atoms with Crippen LogP contribution in [0.4, 0.5) is 10.1 Å². The molecule has 0 unspecified atom stereocenters. The number of amides is 1. The summed E-state index contributed by atoms with van der Waals surface area (Å²) in [7, 11) is 0. The van der Waals surface area contributed by atoms with E-state index >= 15 is 0 Å². The third-order valence-corrected chi connectivity index (χ3v) is 3.54. The average molecular weight is 380 g/mol. The van der Waals surface area contributed by atoms with Crippen LogP contribution in [-0.2, 0) is 9.53 Å². The standard InChI is InChI=1S/C19H19ClFNO4/c1-11(2)25-15-7-4-13(5-8-15)19(24)26-12(3)18(23)22-17-9-6-14(20)10-16(17)21/h4-12H,1-3H3,(H,22,23)/t12-/m0/s1. The molecule has 1 atom stereocenters. The Bertz CT molecular complexity index is 793. The Morgan fingerprint density at radius 3 is 2.31 bits per heavy atom. The Morgan fingerprint density at radius 2 is 1.73 bits per heavy atom. The predicted molar refractivity (Wildman–Crippen MR) is 97.1 cm³/mol. The Labute approximate surface area is 156 Å². The predicted octanol–water partition coefficient (Wildman–Crippen LogP) is 4.45. The Morgan fingerprint density at radius 1 is 1.08 bits per heavy atom. The van der Waals surface area contributed by atoms with Gasteiger partial charge in [0.05, 0.1) is 17.4 Å². The van der Waals surface area contributed by atoms with Gasteiger partial charge in [0.2, 0.25) is 0 Å². The van der Waals surface area contributed by atoms with Crippen molar-refractivity contribution in [1.29, 1.82) is 0 Å². The molecule has 2 rings (SSSR count). The highest BCUT2D eigenvalue weighted by Gasteiger charge is 2.20. The van der Waals surface area contributed by atoms with E-state index in [0.717, 1.165) is 6.07 Å². The Balaban J connectivity index is 1.96. The van der Waals surface area contributed by atoms with E-state index in [9.17, 15) is 14.0 Å². The largest absolute Gasteiger partial charge is 0.491 e. The Kier molecular flexibility index (Phi) is 6.58. The minimum absolute atomic E-state index is 0.0183. The van der Waals surface area contributed by atoms with E-state index in [2.05, 4.69) is 5.32 Å². The molecule has 2 aromatic rings. The van der Waals surface area contributed by atoms with Gasteiger partial charge in [-0.3, -0.25) is 4.79 Å². The number of carbonyl (C=O) groups excluding carboxylic acids is 2. The molecule has 0 fully saturated rings. The monoisotopic (exact) mass is 379 g/mol. The summed E-state index contributed by atoms with van der Waals surface area (Å²) in [6, 6.07) is 10.2. The molecule has 138 valence electrons. The molecular weight excluding hydrogens is 361 g/mol. The number of hydrogen-bond donors (Lipinski definition) is 1. The number of carbonyl (C=O) groups is 2. The molecule has 0 radical (unpaired) electrons. The van der Waals surface area contributed by atoms with Gasteiger partial charge in [-0.2, -0.15) is 0 Å². The summed E-state index contributed by atoms with van der Waals surface area (Å²) in [4.78, 5) is 24.2. The van der Waals surface area contributed by atoms with Gasteiger partial charge in [-0.15, -0.1) is 0 Å². The Hall–Kier alpha value is -2.60. The second-order valence-corrected chi connectivity index (χ2v) is 6.29. The maximum absolute atomic E-state index is 13.7. The van der Waals surface area contributed by atoms with Crippen molar-refractivity contribution in [2.24, 2.45) is 0 Å². The molecule has 1 N–H and O–H groups in total. The first-order valence-corrected chi connectivity index (χ1v) is 8.37. The molecular formula is C19H19ClFNO4. The van der Waals surface area contributed by atoms with Crippen LogP contribution < -0.4 is 10.1 Å². The van der Waals surface area contributed by atoms with Gasteiger partial charge < -0.3 is 14.8 Å². The minimum atomic E-state index is -1.11. The number of rotatable bonds is 6. The molecule has 7 heteroatoms. The number of esters is 1. The van der Waals surface area contributed by atoms with Crippen molar-refractivity contribution < 1.29 is 23.5 Å². The fraction of sp³-hybridized carbons (Fsp3) is 0.263. The number of hydrogen-bond acceptors (Lipinski definition) is 4. The SMILES string of the molecule is CC(C)Oc1ccc(C(=O)O[C@@H](C)C(=O)Nc2ccc(Cl)cc2F)cc1. The average Bonchev–Trinajstić information content (AvgIpc) is 2.57. The fourth-order valence-corrected chi connectivity index (χ4v) is 2.21. The third-order valence-electron chi connectivity index (χ3n) is 3.30. The number of benzene rings is 2. The van der Waals surface area contributed by atoms with Crippen LogP contribution in [0, 0.1) is 5.82 Å². The highest BCUT2D eigenvalue weighted by molar-refractivity contribution is 6.30. The lowest BCUT2D eigenvalue weighted by Gasteiger charge is -2.14. The summed E-state index contributed by atoms with van der Waals surface area (Å²) >= 11 is 5.66. The molecule has 0 bridgehead atoms. The van der Waals surface area contributed by atoms with Crippen molar-refractivity contribution in [3.05, 3.63) is 58.9 Å². The number of nitrogens with one attached hydrogen (secondary N) is 1. The van der Waals surface area contributed by atoms with Crippen molar-refractivity contribution in [1.82, 2.24) is 0 Å². The van der Waals surface area contributed by atoms with E-state index in [1.807, 2.05) is 13.8 Å². The van der Waals surface area contributed by atoms with Crippen LogP contribution in [0.25, 0.3) is 0 Å². The highest BCUT2D eigenvalue weighted by atomic mass is 35.5. The topological polar surface area (TPSA) is 64.6 Å². The van der Waals surface area contributed by atoms with Crippen molar-refractivity contribution in [2.75, 3.05) is 5.32 Å². The zero-order chi connectivity index (χ0) is 19.3. The van der Waals surface area contributed by atoms with Crippen molar-refractivity contribution in [3.8, 4) is 5.75 Å². The molecule has 0 spiro atoms. The summed E-state index contributed by atoms with van der Waals surface area (Å²) in [6.45, 7) is 5.19. The van der Waals surface area contributed by atoms with E-state index in [0.29, 0.717) is 5.75 Å². The zero-order valence-electron chi connectivity index (χ0n) is 14.6. The molecule has 0 heterocycles. The first-order valence-electron chi connectivity index (χ1n) is 8.00. The van der Waals surface area contributed by atoms with E-state index in [4.69, 9.17) is 21.1 Å². The van der Waals surface area contributed by atoms with E-state index < -0.39 is 23.8 Å². The molecule has 26 heavy (non-hydrogen) atoms. The van der Waals surface area contributed by atoms with Gasteiger partial charge in [-0.1, -0.05) is 11.6 Å². The third kappa shape index (κ3) is 5.46. The second kappa shape index (κ2) is 8.67. The molecule has 0 aliphatic rings. The number of ether oxygens (including phenoxy) is 2. The molecule has 0 aliphatic carbocycles. The molecule has 2 aromatic carbocycles. The summed E-state index contributed by atoms with van der Waals surface area (Å²) in [5.41, 5.74) is 0.232. The maximum atomic E-state index is 13.7. The van der Waals surface area contributed by atoms with Crippen molar-refractivity contribution >= 4 is 29.2 Å². The molecule has 0 saturated heterocycles. The van der Waals surface area contributed by atoms with Gasteiger partial charge in [0, 0.05) is 5.02 Å². The first kappa shape index (κ1) is 19.7. The van der Waals surface area contributed by atoms with Gasteiger partial charge in [0.1, 0.15) is 11.6 Å². The molecule has 0 aromatic heterocycles. The fourth-order valence-electron chi connectivity index (χ4n) is 2.05. The van der Waals surface area contributed by atoms with Crippen LogP contribution in [0.1, 0.15) is 31.1 Å². The van der Waals surface area contributed by atoms with Gasteiger partial charge in [0.25, 0.3) is 5.91 Å². The van der Waals surface area contributed by atoms with Crippen LogP contribution in [-0.4, -0.2) is 24.1 Å². The first-order chi connectivity index (χ1) is 12.3. The number of halogens is 2. The molecule has 0 saturated carbocycles. The lowest BCUT2D eigenvalue weighted by atomic mass is 10.2. The number of anilines is 1. The molecule has 5 nitrogen and oxygen atoms in total. The van der Waals surface area contributed by atoms with Crippen LogP contribution in [0.3, 0.4) is 0 Å². The van der Waals surface area contributed by atoms with Crippen LogP contribution in [0.2, 0.25) is 5.02 Å². The second-order valence-electron chi connectivity index (χ2n) is 5.85. The van der Waals surface area contributed by atoms with E-state index in [-0.39, 0.29) is 22.4 Å². The van der Waals surface area contributed by atoms with Gasteiger partial charge in [-0.05, 0) is 63.2 Å². The molecule has 1 amide bonds. The summed E-state index contributed by atoms with van der Waals surface area (Å²) in [5, 5.41) is 2.57. The summed E-state index contributed by atoms with van der Waals surface area (Å²) in [6.07, 6.45) is -1.09. The van der Waals surface area contributed by atoms with Crippen LogP contribution in [0.5, 0.6) is 5.75 Å². The minimum Gasteiger partial charge on any atom is -0.491 e. The quantitative estimate of drug-likeness (QED) is 0.753. The van der Waals surface area contributed by atoms with Crippen LogP contribution >= 0.6 is 11.6 Å². The summed E-state index contributed by atoms with van der Waals surface area (Å²) < 4.78 is 24.3. The van der Waals surface area contributed by atoms with Crippen molar-refractivity contribution in [2.45, 2.75) is 33.0 Å². The smallest absolute Gasteiger partial charge is 0.338 e. The lowest BCUT2D eigenvalue weighted by Crippen LogP contribution is -2.30. The summed E-state index contributed by atoms with van der Waals surface area (Å²) in [5.74, 6) is -1.37. The maximum Gasteiger partial charge on any atom is 0.338 e. The highest BCUT2D eigenvalue weighted by Crippen LogP contribution is 2.19. The van der Waals surface area contributed by atoms with Gasteiger partial charge in [0.15, 0.2) is 6.10 Å². The van der Waals surface area contributed by atoms with Crippen molar-refractivity contribution in [3.63, 3.8) is 0 Å². The van der Waals surface area contributed by atoms with Gasteiger partial charge >= 0.3 is 5.97 Å². The van der Waals surface area contributed by atoms with E-state index in [1.54, 1.807) is 24.3 Å². The normalized spacial score (nSPS) is 11.8. The van der Waals surface area contributed by atoms with E-state index in [1.165, 1.54) is 19.1 Å². The zero-order valence-corrected chi connectivity index (χ0v) is 15.3. The lowest BCUT2D eigenvalue weighted by molar-refractivity contribution is -0.123.